The molecule has 0 aliphatic rings. The first-order valence-electron chi connectivity index (χ1n) is 9.75. The van der Waals surface area contributed by atoms with Gasteiger partial charge in [0.2, 0.25) is 5.91 Å². The van der Waals surface area contributed by atoms with Gasteiger partial charge in [0.25, 0.3) is 5.78 Å². The molecule has 0 spiro atoms. The topological polar surface area (TPSA) is 111 Å². The lowest BCUT2D eigenvalue weighted by Crippen LogP contribution is -2.40. The highest BCUT2D eigenvalue weighted by atomic mass is 19.4. The van der Waals surface area contributed by atoms with Gasteiger partial charge >= 0.3 is 18.1 Å². The molecular formula is C23H21F3N2O6. The number of esters is 2. The Labute approximate surface area is 192 Å². The molecule has 0 saturated heterocycles. The van der Waals surface area contributed by atoms with Crippen LogP contribution in [0.25, 0.3) is 0 Å². The van der Waals surface area contributed by atoms with Crippen LogP contribution < -0.4 is 10.6 Å². The number of amides is 1. The lowest BCUT2D eigenvalue weighted by molar-refractivity contribution is -0.165. The quantitative estimate of drug-likeness (QED) is 0.421. The van der Waals surface area contributed by atoms with E-state index in [1.54, 1.807) is 30.3 Å². The van der Waals surface area contributed by atoms with Gasteiger partial charge in [0.15, 0.2) is 0 Å². The van der Waals surface area contributed by atoms with Crippen molar-refractivity contribution in [3.63, 3.8) is 0 Å². The Morgan fingerprint density at radius 3 is 2.00 bits per heavy atom. The number of hydrogen-bond acceptors (Lipinski definition) is 7. The Balaban J connectivity index is 2.31. The predicted molar refractivity (Wildman–Crippen MR) is 115 cm³/mol. The van der Waals surface area contributed by atoms with E-state index in [9.17, 15) is 32.3 Å². The average molecular weight is 478 g/mol. The molecule has 0 aliphatic carbocycles. The van der Waals surface area contributed by atoms with E-state index in [-0.39, 0.29) is 29.3 Å². The number of ether oxygens (including phenoxy) is 2. The van der Waals surface area contributed by atoms with E-state index in [4.69, 9.17) is 0 Å². The van der Waals surface area contributed by atoms with Crippen molar-refractivity contribution < 1.29 is 41.8 Å². The molecule has 0 fully saturated rings. The Bertz CT molecular complexity index is 1050. The Kier molecular flexibility index (Phi) is 8.94. The maximum atomic E-state index is 12.9. The average Bonchev–Trinajstić information content (AvgIpc) is 2.81. The molecule has 180 valence electrons. The van der Waals surface area contributed by atoms with Crippen LogP contribution in [0.1, 0.15) is 26.3 Å². The molecule has 0 aromatic heterocycles. The van der Waals surface area contributed by atoms with Crippen LogP contribution in [0.5, 0.6) is 0 Å². The van der Waals surface area contributed by atoms with Crippen molar-refractivity contribution in [2.45, 2.75) is 18.6 Å². The number of allylic oxidation sites excluding steroid dienone is 1. The number of nitrogens with one attached hydrogen (secondary N) is 2. The molecule has 0 saturated carbocycles. The number of carbonyl (C=O) groups excluding carboxylic acids is 4. The first-order chi connectivity index (χ1) is 16.0. The molecule has 1 amide bonds. The molecule has 0 radical (unpaired) electrons. The van der Waals surface area contributed by atoms with Crippen LogP contribution >= 0.6 is 0 Å². The fourth-order valence-corrected chi connectivity index (χ4v) is 2.81. The van der Waals surface area contributed by atoms with Crippen LogP contribution in [-0.2, 0) is 25.5 Å². The molecule has 0 bridgehead atoms. The third kappa shape index (κ3) is 7.47. The van der Waals surface area contributed by atoms with Gasteiger partial charge in [-0.3, -0.25) is 9.59 Å². The third-order valence-corrected chi connectivity index (χ3v) is 4.45. The summed E-state index contributed by atoms with van der Waals surface area (Å²) in [6, 6.07) is 11.2. The Morgan fingerprint density at radius 2 is 1.50 bits per heavy atom. The normalized spacial score (nSPS) is 12.0. The summed E-state index contributed by atoms with van der Waals surface area (Å²) in [5, 5.41) is 5.00. The van der Waals surface area contributed by atoms with Crippen molar-refractivity contribution in [3.05, 3.63) is 77.5 Å². The molecule has 34 heavy (non-hydrogen) atoms. The molecule has 11 heteroatoms. The highest BCUT2D eigenvalue weighted by Gasteiger charge is 2.36. The van der Waals surface area contributed by atoms with Gasteiger partial charge in [0.05, 0.1) is 25.3 Å². The minimum absolute atomic E-state index is 0.0380. The zero-order chi connectivity index (χ0) is 25.3. The van der Waals surface area contributed by atoms with E-state index in [0.29, 0.717) is 5.56 Å². The second kappa shape index (κ2) is 11.6. The summed E-state index contributed by atoms with van der Waals surface area (Å²) in [5.41, 5.74) is 0.653. The molecule has 2 aromatic carbocycles. The summed E-state index contributed by atoms with van der Waals surface area (Å²) >= 11 is 0. The monoisotopic (exact) mass is 478 g/mol. The molecule has 2 N–H and O–H groups in total. The van der Waals surface area contributed by atoms with Crippen molar-refractivity contribution in [1.29, 1.82) is 0 Å². The van der Waals surface area contributed by atoms with Crippen LogP contribution in [0.3, 0.4) is 0 Å². The number of anilines is 1. The lowest BCUT2D eigenvalue weighted by Gasteiger charge is -2.18. The third-order valence-electron chi connectivity index (χ3n) is 4.45. The number of carbonyl (C=O) groups is 4. The van der Waals surface area contributed by atoms with Gasteiger partial charge in [-0.25, -0.2) is 9.59 Å². The van der Waals surface area contributed by atoms with Crippen LogP contribution in [0.4, 0.5) is 18.9 Å². The second-order valence-electron chi connectivity index (χ2n) is 6.88. The number of alkyl halides is 3. The Morgan fingerprint density at radius 1 is 0.941 bits per heavy atom. The summed E-state index contributed by atoms with van der Waals surface area (Å²) in [6.45, 7) is 0. The molecule has 1 unspecified atom stereocenters. The number of rotatable bonds is 9. The number of ketones is 1. The van der Waals surface area contributed by atoms with Gasteiger partial charge in [0, 0.05) is 24.4 Å². The molecule has 1 atom stereocenters. The van der Waals surface area contributed by atoms with E-state index >= 15 is 0 Å². The molecular weight excluding hydrogens is 457 g/mol. The minimum Gasteiger partial charge on any atom is -0.465 e. The fraction of sp³-hybridized carbons (Fsp3) is 0.217. The number of hydrogen-bond donors (Lipinski definition) is 2. The zero-order valence-electron chi connectivity index (χ0n) is 18.1. The molecule has 2 rings (SSSR count). The summed E-state index contributed by atoms with van der Waals surface area (Å²) in [4.78, 5) is 47.9. The highest BCUT2D eigenvalue weighted by molar-refractivity contribution is 6.01. The summed E-state index contributed by atoms with van der Waals surface area (Å²) in [5.74, 6) is -4.33. The van der Waals surface area contributed by atoms with Crippen molar-refractivity contribution in [2.24, 2.45) is 0 Å². The molecule has 2 aromatic rings. The van der Waals surface area contributed by atoms with Gasteiger partial charge in [-0.1, -0.05) is 30.3 Å². The lowest BCUT2D eigenvalue weighted by atomic mass is 10.0. The van der Waals surface area contributed by atoms with E-state index < -0.39 is 35.8 Å². The number of methoxy groups -OCH3 is 2. The van der Waals surface area contributed by atoms with Gasteiger partial charge in [-0.2, -0.15) is 13.2 Å². The molecule has 0 heterocycles. The fourth-order valence-electron chi connectivity index (χ4n) is 2.81. The van der Waals surface area contributed by atoms with Crippen molar-refractivity contribution in [2.75, 3.05) is 19.5 Å². The molecule has 8 nitrogen and oxygen atoms in total. The van der Waals surface area contributed by atoms with E-state index in [0.717, 1.165) is 20.4 Å². The van der Waals surface area contributed by atoms with Crippen LogP contribution in [0.2, 0.25) is 0 Å². The predicted octanol–water partition coefficient (Wildman–Crippen LogP) is 3.04. The standard InChI is InChI=1S/C23H21F3N2O6/c1-33-21(31)15-11-16(22(32)34-2)13-17(12-15)28-20(30)18(10-14-6-4-3-5-7-14)27-9-8-19(29)23(24,25)26/h3-9,11-13,18,27H,10H2,1-2H3,(H,28,30). The smallest absolute Gasteiger partial charge is 0.454 e. The maximum absolute atomic E-state index is 12.9. The molecule has 0 aliphatic heterocycles. The maximum Gasteiger partial charge on any atom is 0.454 e. The van der Waals surface area contributed by atoms with Crippen molar-refractivity contribution in [1.82, 2.24) is 5.32 Å². The zero-order valence-corrected chi connectivity index (χ0v) is 18.1. The summed E-state index contributed by atoms with van der Waals surface area (Å²) in [7, 11) is 2.28. The van der Waals surface area contributed by atoms with Crippen LogP contribution in [-0.4, -0.2) is 50.1 Å². The number of halogens is 3. The van der Waals surface area contributed by atoms with Crippen molar-refractivity contribution in [3.8, 4) is 0 Å². The van der Waals surface area contributed by atoms with Crippen molar-refractivity contribution >= 4 is 29.3 Å². The summed E-state index contributed by atoms with van der Waals surface area (Å²) in [6.07, 6.45) is -3.97. The second-order valence-corrected chi connectivity index (χ2v) is 6.88. The van der Waals surface area contributed by atoms with Gasteiger partial charge in [-0.05, 0) is 23.8 Å². The van der Waals surface area contributed by atoms with E-state index in [2.05, 4.69) is 20.1 Å². The Hall–Kier alpha value is -4.15. The van der Waals surface area contributed by atoms with Crippen LogP contribution in [0.15, 0.2) is 60.8 Å². The van der Waals surface area contributed by atoms with Gasteiger partial charge in [0.1, 0.15) is 6.04 Å². The van der Waals surface area contributed by atoms with E-state index in [1.807, 2.05) is 0 Å². The highest BCUT2D eigenvalue weighted by Crippen LogP contribution is 2.18. The number of benzene rings is 2. The SMILES string of the molecule is COC(=O)c1cc(NC(=O)C(Cc2ccccc2)NC=CC(=O)C(F)(F)F)cc(C(=O)OC)c1. The largest absolute Gasteiger partial charge is 0.465 e. The van der Waals surface area contributed by atoms with E-state index in [1.165, 1.54) is 18.2 Å². The first kappa shape index (κ1) is 26.1. The van der Waals surface area contributed by atoms with Gasteiger partial charge in [-0.15, -0.1) is 0 Å². The van der Waals surface area contributed by atoms with Gasteiger partial charge < -0.3 is 20.1 Å². The van der Waals surface area contributed by atoms with Crippen LogP contribution in [0, 0.1) is 0 Å². The minimum atomic E-state index is -5.05. The summed E-state index contributed by atoms with van der Waals surface area (Å²) < 4.78 is 46.6. The first-order valence-corrected chi connectivity index (χ1v) is 9.75.